The molecule has 3 rings (SSSR count). The number of carboxylic acid groups (broad SMARTS) is 2. The minimum absolute atomic E-state index is 0. The van der Waals surface area contributed by atoms with Crippen LogP contribution in [0.5, 0.6) is 0 Å². The number of nitrogens with two attached hydrogens (primary N) is 1. The van der Waals surface area contributed by atoms with Gasteiger partial charge in [0.15, 0.2) is 5.78 Å². The number of aldehydes is 1. The zero-order chi connectivity index (χ0) is 77.8. The number of carbonyl (C=O) groups is 12. The molecule has 3 aliphatic rings. The summed E-state index contributed by atoms with van der Waals surface area (Å²) in [4.78, 5) is 139. The monoisotopic (exact) mass is 1450 g/mol. The predicted molar refractivity (Wildman–Crippen MR) is 414 cm³/mol. The first-order valence-corrected chi connectivity index (χ1v) is 37.2. The zero-order valence-corrected chi connectivity index (χ0v) is 65.9. The summed E-state index contributed by atoms with van der Waals surface area (Å²) in [5.74, 6) is -1.14. The first kappa shape index (κ1) is 107. The Morgan fingerprint density at radius 3 is 1.39 bits per heavy atom. The summed E-state index contributed by atoms with van der Waals surface area (Å²) in [6.45, 7) is 38.5. The fourth-order valence-electron chi connectivity index (χ4n) is 10.6. The number of hydrogen-bond acceptors (Lipinski definition) is 17. The number of ketones is 4. The summed E-state index contributed by atoms with van der Waals surface area (Å²) in [6, 6.07) is -1.87. The maximum atomic E-state index is 13.0. The van der Waals surface area contributed by atoms with Gasteiger partial charge in [-0.1, -0.05) is 162 Å². The summed E-state index contributed by atoms with van der Waals surface area (Å²) in [7, 11) is 5.38. The number of likely N-dealkylation sites (tertiary alicyclic amines) is 2. The molecule has 3 aliphatic heterocycles. The van der Waals surface area contributed by atoms with Crippen LogP contribution in [-0.4, -0.2) is 186 Å². The van der Waals surface area contributed by atoms with Gasteiger partial charge >= 0.3 is 19.5 Å². The lowest BCUT2D eigenvalue weighted by Gasteiger charge is -2.27. The van der Waals surface area contributed by atoms with Crippen molar-refractivity contribution < 1.29 is 73.9 Å². The summed E-state index contributed by atoms with van der Waals surface area (Å²) in [5, 5.41) is 35.4. The van der Waals surface area contributed by atoms with Crippen LogP contribution in [0.1, 0.15) is 276 Å². The molecule has 10 N–H and O–H groups in total. The van der Waals surface area contributed by atoms with Gasteiger partial charge in [0.1, 0.15) is 47.4 Å². The van der Waals surface area contributed by atoms with Crippen LogP contribution in [0.25, 0.3) is 0 Å². The van der Waals surface area contributed by atoms with Gasteiger partial charge in [-0.2, -0.15) is 0 Å². The van der Waals surface area contributed by atoms with Crippen molar-refractivity contribution in [2.75, 3.05) is 40.8 Å². The fraction of sp³-hybridized carbons (Fsp3) is 0.795. The van der Waals surface area contributed by atoms with Crippen molar-refractivity contribution in [1.82, 2.24) is 41.7 Å². The molecule has 0 radical (unpaired) electrons. The zero-order valence-electron chi connectivity index (χ0n) is 66.9. The van der Waals surface area contributed by atoms with E-state index in [1.165, 1.54) is 4.90 Å². The summed E-state index contributed by atoms with van der Waals surface area (Å²) in [6.07, 6.45) is 23.6. The van der Waals surface area contributed by atoms with E-state index in [0.717, 1.165) is 90.0 Å². The molecule has 596 valence electrons. The SMILES string of the molecule is C.C.CC(C)(C)OC(=O)N1CCCC1C(=O)O.CCC(=O)[C@@H](C)C=O.CCCC(NC(=O)C1CCCN1C(=O)[C@@H](C)/C=C/[C@H](CC(C)C)NC)C(=O)NC.CCC[C@H](C)C(=O)CC.CCC[C@H](N)C(=O)CC.CCC[C@H](NC(=O)C1CCCN1)C(=O)CC.CN[C@H](/C=C/[C@H](C)C(=O)O)CC(C)C.[H+]. The van der Waals surface area contributed by atoms with Crippen LogP contribution >= 0.6 is 0 Å². The highest BCUT2D eigenvalue weighted by Crippen LogP contribution is 2.23. The molecule has 24 nitrogen and oxygen atoms in total. The smallest absolute Gasteiger partial charge is 0.481 e. The topological polar surface area (TPSA) is 359 Å². The molecule has 24 heteroatoms. The number of hydrogen-bond donors (Lipinski definition) is 9. The minimum Gasteiger partial charge on any atom is -0.481 e. The summed E-state index contributed by atoms with van der Waals surface area (Å²) >= 11 is 0. The lowest BCUT2D eigenvalue weighted by atomic mass is 10.00. The van der Waals surface area contributed by atoms with Gasteiger partial charge in [0.05, 0.1) is 35.9 Å². The van der Waals surface area contributed by atoms with Crippen LogP contribution in [0.2, 0.25) is 0 Å². The second-order valence-corrected chi connectivity index (χ2v) is 27.8. The maximum Gasteiger partial charge on any atom is 1.00 e. The second kappa shape index (κ2) is 62.2. The highest BCUT2D eigenvalue weighted by Gasteiger charge is 2.38. The Balaban J connectivity index is -0.000000218. The molecule has 0 aliphatic carbocycles. The number of nitrogens with zero attached hydrogens (tertiary/aromatic N) is 2. The van der Waals surface area contributed by atoms with Crippen molar-refractivity contribution in [2.24, 2.45) is 41.2 Å². The average molecular weight is 1450 g/mol. The Hall–Kier alpha value is -6.24. The van der Waals surface area contributed by atoms with E-state index in [9.17, 15) is 57.5 Å². The van der Waals surface area contributed by atoms with Crippen LogP contribution < -0.4 is 37.6 Å². The molecule has 0 aromatic carbocycles. The lowest BCUT2D eigenvalue weighted by Crippen LogP contribution is -2.53. The first-order valence-electron chi connectivity index (χ1n) is 37.2. The Labute approximate surface area is 619 Å². The van der Waals surface area contributed by atoms with Gasteiger partial charge in [-0.25, -0.2) is 9.59 Å². The largest absolute Gasteiger partial charge is 1.00 e. The number of Topliss-reactive ketones (excluding diaryl/α,β-unsaturated/α-hetero) is 4. The molecule has 0 aromatic heterocycles. The van der Waals surface area contributed by atoms with E-state index >= 15 is 0 Å². The molecule has 3 saturated heterocycles. The van der Waals surface area contributed by atoms with Gasteiger partial charge < -0.3 is 62.3 Å². The van der Waals surface area contributed by atoms with Gasteiger partial charge in [-0.05, 0) is 144 Å². The van der Waals surface area contributed by atoms with E-state index < -0.39 is 53.6 Å². The highest BCUT2D eigenvalue weighted by atomic mass is 16.6. The fourth-order valence-corrected chi connectivity index (χ4v) is 10.6. The quantitative estimate of drug-likeness (QED) is 0.0162. The summed E-state index contributed by atoms with van der Waals surface area (Å²) < 4.78 is 5.13. The normalized spacial score (nSPS) is 17.8. The van der Waals surface area contributed by atoms with Gasteiger partial charge in [0, 0.05) is 63.8 Å². The maximum absolute atomic E-state index is 13.0. The third-order valence-corrected chi connectivity index (χ3v) is 16.7. The van der Waals surface area contributed by atoms with Gasteiger partial charge in [0.2, 0.25) is 23.6 Å². The van der Waals surface area contributed by atoms with E-state index in [-0.39, 0.29) is 93.4 Å². The van der Waals surface area contributed by atoms with E-state index in [0.29, 0.717) is 87.9 Å². The van der Waals surface area contributed by atoms with Crippen LogP contribution in [0, 0.1) is 35.5 Å². The molecule has 3 fully saturated rings. The number of rotatable bonds is 35. The van der Waals surface area contributed by atoms with Crippen LogP contribution in [0.15, 0.2) is 24.3 Å². The molecule has 0 bridgehead atoms. The van der Waals surface area contributed by atoms with Crippen molar-refractivity contribution >= 4 is 71.1 Å². The Kier molecular flexibility index (Phi) is 65.0. The number of carbonyl (C=O) groups excluding carboxylic acids is 10. The van der Waals surface area contributed by atoms with E-state index in [4.69, 9.17) is 20.7 Å². The molecule has 5 amide bonds. The first-order chi connectivity index (χ1) is 46.9. The van der Waals surface area contributed by atoms with Crippen LogP contribution in [0.3, 0.4) is 0 Å². The van der Waals surface area contributed by atoms with Gasteiger partial charge in [-0.3, -0.25) is 48.1 Å². The van der Waals surface area contributed by atoms with Crippen molar-refractivity contribution in [3.8, 4) is 0 Å². The third-order valence-electron chi connectivity index (χ3n) is 16.7. The molecular formula is C78H150N9O15+. The molecule has 12 atom stereocenters. The number of ether oxygens (including phenoxy) is 1. The number of nitrogens with one attached hydrogen (secondary N) is 6. The lowest BCUT2D eigenvalue weighted by molar-refractivity contribution is -0.142. The van der Waals surface area contributed by atoms with Crippen molar-refractivity contribution in [2.45, 2.75) is 329 Å². The van der Waals surface area contributed by atoms with Crippen molar-refractivity contribution in [3.05, 3.63) is 24.3 Å². The molecule has 102 heavy (non-hydrogen) atoms. The van der Waals surface area contributed by atoms with Crippen LogP contribution in [0.4, 0.5) is 4.79 Å². The highest BCUT2D eigenvalue weighted by molar-refractivity contribution is 5.94. The average Bonchev–Trinajstić information content (AvgIpc) is 1.73. The van der Waals surface area contributed by atoms with Gasteiger partial charge in [-0.15, -0.1) is 0 Å². The van der Waals surface area contributed by atoms with Crippen molar-refractivity contribution in [3.63, 3.8) is 0 Å². The Morgan fingerprint density at radius 1 is 0.559 bits per heavy atom. The number of aliphatic carboxylic acids is 2. The van der Waals surface area contributed by atoms with Gasteiger partial charge in [0.25, 0.3) is 0 Å². The predicted octanol–water partition coefficient (Wildman–Crippen LogP) is 11.9. The third kappa shape index (κ3) is 49.4. The molecular weight excluding hydrogens is 1300 g/mol. The standard InChI is InChI=1S/C22H40N4O3.C12H22N2O2.C11H21NO2.C10H17NO4.C8H16O.C7H15NO.C6H10O2.2CH4/c1-7-9-18(20(27)24-6)25-21(28)19-10-8-13-26(19)22(29)16(4)11-12-17(23-5)14-15(2)3;1-3-6-9(11(15)4-2)14-12(16)10-7-5-8-13-10;1-8(2)7-10(12-4)6-5-9(3)11(13)14;1-10(2,3)15-9(14)11-6-4-5-7(11)8(12)13;1-4-6-7(3)8(9)5-2;1-3-5-6(8)7(9)4-2;1-3-6(8)5(2)4-7;;/h11-12,15-19,23H,7-10,13-14H2,1-6H3,(H,24,27)(H,25,28);9-10,13H,3-8H2,1-2H3,(H,14,16);5-6,8-10,12H,7H2,1-4H3,(H,13,14);7H,4-6H2,1-3H3,(H,12,13);7H,4-6H2,1-3H3;6H,3-5,8H2,1-2H3;4-5H,3H2,1-2H3;2*1H4/p+1/b12-11+;;6-5+;;;;;;/t16-,17+,18?,19?;9-,10?;9-,10+;;7-;6-;5-;;/m000.000../s1. The second-order valence-electron chi connectivity index (χ2n) is 27.8. The molecule has 3 heterocycles. The molecule has 0 saturated carbocycles. The number of carboxylic acids is 2. The molecule has 0 spiro atoms. The number of likely N-dealkylation sites (N-methyl/N-ethyl adjacent to an activating group) is 3. The van der Waals surface area contributed by atoms with Crippen molar-refractivity contribution in [1.29, 1.82) is 0 Å². The molecule has 0 aromatic rings. The van der Waals surface area contributed by atoms with E-state index in [2.05, 4.69) is 72.6 Å². The van der Waals surface area contributed by atoms with E-state index in [1.807, 2.05) is 81.6 Å². The van der Waals surface area contributed by atoms with Crippen LogP contribution in [-0.2, 0) is 57.5 Å². The number of amides is 5. The minimum atomic E-state index is -0.960. The summed E-state index contributed by atoms with van der Waals surface area (Å²) in [5.41, 5.74) is 4.91. The van der Waals surface area contributed by atoms with E-state index in [1.54, 1.807) is 59.6 Å². The Bertz CT molecular complexity index is 2410. The molecule has 4 unspecified atom stereocenters. The Morgan fingerprint density at radius 2 is 1.01 bits per heavy atom.